The van der Waals surface area contributed by atoms with E-state index in [1.54, 1.807) is 110 Å². The van der Waals surface area contributed by atoms with Crippen LogP contribution in [-0.2, 0) is 85.3 Å². The molecule has 0 bridgehead atoms. The first-order chi connectivity index (χ1) is 40.3. The van der Waals surface area contributed by atoms with Crippen LogP contribution in [0.25, 0.3) is 0 Å². The first-order valence-corrected chi connectivity index (χ1v) is 31.8. The second-order valence-corrected chi connectivity index (χ2v) is 25.1. The molecule has 3 aromatic carbocycles. The lowest BCUT2D eigenvalue weighted by atomic mass is 10.1. The van der Waals surface area contributed by atoms with Gasteiger partial charge in [-0.25, -0.2) is 41.3 Å². The molecule has 6 aromatic rings. The minimum absolute atomic E-state index is 0.0332. The molecule has 12 rings (SSSR count). The van der Waals surface area contributed by atoms with Crippen LogP contribution in [-0.4, -0.2) is 100 Å². The summed E-state index contributed by atoms with van der Waals surface area (Å²) in [6.07, 6.45) is 2.62. The van der Waals surface area contributed by atoms with Gasteiger partial charge in [0, 0.05) is 75.0 Å². The van der Waals surface area contributed by atoms with Gasteiger partial charge in [0.1, 0.15) is 34.4 Å². The maximum Gasteiger partial charge on any atom is 0.277 e. The third kappa shape index (κ3) is 14.5. The Morgan fingerprint density at radius 3 is 0.905 bits per heavy atom. The zero-order chi connectivity index (χ0) is 59.5. The Morgan fingerprint density at radius 1 is 0.429 bits per heavy atom. The Bertz CT molecular complexity index is 3390. The van der Waals surface area contributed by atoms with Gasteiger partial charge in [-0.3, -0.25) is 42.0 Å². The molecule has 3 N–H and O–H groups in total. The molecular weight excluding hydrogens is 1150 g/mol. The number of hydrogen-bond donors (Lipinski definition) is 3. The number of nitrogens with zero attached hydrogens (tertiary/aromatic N) is 6. The maximum absolute atomic E-state index is 13.2. The van der Waals surface area contributed by atoms with E-state index in [2.05, 4.69) is 45.9 Å². The average molecular weight is 1210 g/mol. The largest absolute Gasteiger partial charge is 0.353 e. The smallest absolute Gasteiger partial charge is 0.277 e. The fourth-order valence-electron chi connectivity index (χ4n) is 9.77. The number of anilines is 6. The monoisotopic (exact) mass is 1210 g/mol. The summed E-state index contributed by atoms with van der Waals surface area (Å²) in [5.41, 5.74) is 6.63. The number of aromatic nitrogens is 3. The van der Waals surface area contributed by atoms with Crippen LogP contribution in [0.4, 0.5) is 77.5 Å². The van der Waals surface area contributed by atoms with E-state index in [9.17, 15) is 53.4 Å². The van der Waals surface area contributed by atoms with Crippen molar-refractivity contribution < 1.29 is 53.4 Å². The number of halogens is 6. The molecule has 1 unspecified atom stereocenters. The molecule has 3 fully saturated rings. The molecule has 6 aliphatic rings. The molecule has 6 heterocycles. The van der Waals surface area contributed by atoms with Crippen molar-refractivity contribution in [2.75, 3.05) is 34.7 Å². The molecule has 3 aliphatic carbocycles. The summed E-state index contributed by atoms with van der Waals surface area (Å²) < 4.78 is 115. The Balaban J connectivity index is 0.000000140. The molecule has 0 radical (unpaired) electrons. The number of pyridine rings is 3. The van der Waals surface area contributed by atoms with Crippen LogP contribution in [0.5, 0.6) is 0 Å². The van der Waals surface area contributed by atoms with Crippen LogP contribution in [0.1, 0.15) is 72.7 Å². The van der Waals surface area contributed by atoms with Gasteiger partial charge in [0.25, 0.3) is 19.3 Å². The van der Waals surface area contributed by atoms with E-state index in [-0.39, 0.29) is 90.8 Å². The van der Waals surface area contributed by atoms with E-state index in [1.807, 2.05) is 0 Å². The van der Waals surface area contributed by atoms with Crippen LogP contribution >= 0.6 is 0 Å². The highest BCUT2D eigenvalue weighted by Crippen LogP contribution is 2.43. The van der Waals surface area contributed by atoms with Crippen LogP contribution < -0.4 is 16.0 Å². The van der Waals surface area contributed by atoms with Crippen molar-refractivity contribution in [3.05, 3.63) is 125 Å². The van der Waals surface area contributed by atoms with Crippen LogP contribution in [0, 0.1) is 17.8 Å². The van der Waals surface area contributed by atoms with Gasteiger partial charge < -0.3 is 16.0 Å². The van der Waals surface area contributed by atoms with E-state index in [0.717, 1.165) is 38.5 Å². The maximum atomic E-state index is 13.2. The number of ketones is 3. The van der Waals surface area contributed by atoms with Crippen molar-refractivity contribution in [2.45, 2.75) is 111 Å². The highest BCUT2D eigenvalue weighted by Gasteiger charge is 2.35. The van der Waals surface area contributed by atoms with Crippen LogP contribution in [0.3, 0.4) is 0 Å². The minimum atomic E-state index is -2.66. The molecule has 0 amide bonds. The van der Waals surface area contributed by atoms with Crippen molar-refractivity contribution >= 4 is 118 Å². The van der Waals surface area contributed by atoms with Gasteiger partial charge in [-0.1, -0.05) is 36.4 Å². The molecule has 3 aromatic heterocycles. The summed E-state index contributed by atoms with van der Waals surface area (Å²) in [4.78, 5) is 63.9. The Labute approximate surface area is 487 Å². The summed E-state index contributed by atoms with van der Waals surface area (Å²) in [7, 11) is -3.68. The molecule has 24 heteroatoms. The van der Waals surface area contributed by atoms with Gasteiger partial charge >= 0.3 is 0 Å². The van der Waals surface area contributed by atoms with Gasteiger partial charge in [-0.05, 0) is 93.1 Å². The summed E-state index contributed by atoms with van der Waals surface area (Å²) in [6, 6.07) is 26.3. The minimum Gasteiger partial charge on any atom is -0.353 e. The standard InChI is InChI=1S/3C20H19F2N3O2S/c3*1-28(27)18-5-3-2-4-13(18)24-14-8-12(9-17(26)11-6-7-11)23-15-10-16(20(21)22)25-19(14)15/h3*2-5,8,11,20H,6-7,9-10H2,1H3,(H,23,24)/t2*28-;/m10./s1. The van der Waals surface area contributed by atoms with Crippen molar-refractivity contribution in [2.24, 2.45) is 32.7 Å². The zero-order valence-corrected chi connectivity index (χ0v) is 48.2. The number of aliphatic imine (C=N–C) groups is 3. The van der Waals surface area contributed by atoms with E-state index >= 15 is 0 Å². The molecule has 0 saturated heterocycles. The molecule has 0 spiro atoms. The third-order valence-corrected chi connectivity index (χ3v) is 17.4. The number of alkyl halides is 6. The van der Waals surface area contributed by atoms with Gasteiger partial charge in [0.15, 0.2) is 0 Å². The second kappa shape index (κ2) is 25.8. The fraction of sp³-hybridized carbons (Fsp3) is 0.350. The molecule has 15 nitrogen and oxygen atoms in total. The molecular formula is C60H57F6N9O6S3. The van der Waals surface area contributed by atoms with E-state index in [0.29, 0.717) is 100 Å². The molecule has 3 atom stereocenters. The number of Topliss-reactive ketones (excluding diaryl/α,β-unsaturated/α-hetero) is 3. The van der Waals surface area contributed by atoms with Gasteiger partial charge in [-0.2, -0.15) is 0 Å². The summed E-state index contributed by atoms with van der Waals surface area (Å²) >= 11 is 0. The molecule has 3 aliphatic heterocycles. The van der Waals surface area contributed by atoms with E-state index in [4.69, 9.17) is 0 Å². The second-order valence-electron chi connectivity index (χ2n) is 21.1. The predicted octanol–water partition coefficient (Wildman–Crippen LogP) is 11.9. The first-order valence-electron chi connectivity index (χ1n) is 27.1. The highest BCUT2D eigenvalue weighted by molar-refractivity contribution is 7.85. The van der Waals surface area contributed by atoms with E-state index in [1.165, 1.54) is 0 Å². The van der Waals surface area contributed by atoms with Crippen molar-refractivity contribution in [3.63, 3.8) is 0 Å². The third-order valence-electron chi connectivity index (χ3n) is 14.5. The number of benzene rings is 3. The first kappa shape index (κ1) is 59.7. The average Bonchev–Trinajstić information content (AvgIpc) is 4.56. The van der Waals surface area contributed by atoms with Gasteiger partial charge in [0.2, 0.25) is 0 Å². The topological polar surface area (TPSA) is 214 Å². The number of fused-ring (bicyclic) bond motifs is 3. The van der Waals surface area contributed by atoms with Gasteiger partial charge in [-0.15, -0.1) is 0 Å². The number of rotatable bonds is 21. The number of nitrogens with one attached hydrogen (secondary N) is 3. The summed E-state index contributed by atoms with van der Waals surface area (Å²) in [5, 5.41) is 9.53. The number of para-hydroxylation sites is 3. The Morgan fingerprint density at radius 2 is 0.679 bits per heavy atom. The molecule has 3 saturated carbocycles. The number of hydrogen-bond acceptors (Lipinski definition) is 15. The molecule has 84 heavy (non-hydrogen) atoms. The highest BCUT2D eigenvalue weighted by atomic mass is 32.2. The van der Waals surface area contributed by atoms with Crippen molar-refractivity contribution in [1.82, 2.24) is 15.0 Å². The quantitative estimate of drug-likeness (QED) is 0.0574. The van der Waals surface area contributed by atoms with Crippen molar-refractivity contribution in [3.8, 4) is 0 Å². The SMILES string of the molecule is CS(=O)c1ccccc1Nc1cc(CC(=O)C2CC2)nc2c1N=C(C(F)F)C2.C[S@@](=O)c1ccccc1Nc1cc(CC(=O)C2CC2)nc2c1N=C(C(F)F)C2.C[S@](=O)c1ccccc1Nc1cc(CC(=O)C2CC2)nc2c1N=C(C(F)F)C2. The predicted molar refractivity (Wildman–Crippen MR) is 314 cm³/mol. The lowest BCUT2D eigenvalue weighted by Gasteiger charge is -2.14. The summed E-state index contributed by atoms with van der Waals surface area (Å²) in [6.45, 7) is 0. The van der Waals surface area contributed by atoms with Crippen LogP contribution in [0.2, 0.25) is 0 Å². The van der Waals surface area contributed by atoms with Crippen LogP contribution in [0.15, 0.2) is 121 Å². The van der Waals surface area contributed by atoms with Crippen molar-refractivity contribution in [1.29, 1.82) is 0 Å². The Kier molecular flexibility index (Phi) is 18.4. The lowest BCUT2D eigenvalue weighted by Crippen LogP contribution is -2.11. The summed E-state index contributed by atoms with van der Waals surface area (Å²) in [5.74, 6) is 0.678. The lowest BCUT2D eigenvalue weighted by molar-refractivity contribution is -0.120. The fourth-order valence-corrected chi connectivity index (χ4v) is 11.9. The van der Waals surface area contributed by atoms with Gasteiger partial charge in [0.05, 0.1) is 133 Å². The normalized spacial score (nSPS) is 16.6. The number of carbonyl (C=O) groups excluding carboxylic acids is 3. The number of carbonyl (C=O) groups is 3. The van der Waals surface area contributed by atoms with E-state index < -0.39 is 51.7 Å². The zero-order valence-electron chi connectivity index (χ0n) is 45.7. The Hall–Kier alpha value is -7.44. The molecule has 438 valence electrons.